The van der Waals surface area contributed by atoms with E-state index in [-0.39, 0.29) is 26.4 Å². The first kappa shape index (κ1) is 51.9. The van der Waals surface area contributed by atoms with Gasteiger partial charge in [0.1, 0.15) is 22.8 Å². The van der Waals surface area contributed by atoms with Crippen LogP contribution in [0.25, 0.3) is 0 Å². The molecule has 366 valence electrons. The molecule has 0 fully saturated rings. The first-order chi connectivity index (χ1) is 33.7. The van der Waals surface area contributed by atoms with Crippen LogP contribution in [0.5, 0.6) is 0 Å². The molecule has 6 aromatic rings. The third-order valence-electron chi connectivity index (χ3n) is 13.1. The Bertz CT molecular complexity index is 2660. The SMILES string of the molecule is CCOC(=O)c1[nH]c(C(c2ccc(C#CC#Cc3ccc(C(c4[nH]c(C(=O)OCC)c(CC)c4C)c4[nH]c(C(=O)OCC)c(CC)c4C)cc3)cc2)c2[nH]c(C(=O)OCC)c(CC)c2C)c(C)c1CC. The Morgan fingerprint density at radius 1 is 0.400 bits per heavy atom. The van der Waals surface area contributed by atoms with Crippen molar-refractivity contribution in [2.75, 3.05) is 26.4 Å². The normalized spacial score (nSPS) is 11.0. The average Bonchev–Trinajstić information content (AvgIpc) is 4.08. The summed E-state index contributed by atoms with van der Waals surface area (Å²) in [7, 11) is 0. The summed E-state index contributed by atoms with van der Waals surface area (Å²) < 4.78 is 21.8. The highest BCUT2D eigenvalue weighted by molar-refractivity contribution is 5.92. The highest BCUT2D eigenvalue weighted by atomic mass is 16.5. The van der Waals surface area contributed by atoms with Crippen molar-refractivity contribution < 1.29 is 38.1 Å². The van der Waals surface area contributed by atoms with Gasteiger partial charge in [0.05, 0.1) is 38.3 Å². The van der Waals surface area contributed by atoms with E-state index in [1.165, 1.54) is 0 Å². The van der Waals surface area contributed by atoms with Gasteiger partial charge < -0.3 is 38.9 Å². The number of carbonyl (C=O) groups is 4. The first-order valence-corrected chi connectivity index (χ1v) is 24.5. The Kier molecular flexibility index (Phi) is 17.2. The molecule has 0 saturated carbocycles. The fraction of sp³-hybridized carbons (Fsp3) is 0.379. The number of rotatable bonds is 18. The van der Waals surface area contributed by atoms with Crippen LogP contribution in [0.3, 0.4) is 0 Å². The van der Waals surface area contributed by atoms with E-state index >= 15 is 0 Å². The van der Waals surface area contributed by atoms with Crippen molar-refractivity contribution >= 4 is 23.9 Å². The molecule has 70 heavy (non-hydrogen) atoms. The van der Waals surface area contributed by atoms with Crippen LogP contribution in [0, 0.1) is 51.4 Å². The number of aromatic amines is 4. The van der Waals surface area contributed by atoms with E-state index in [0.29, 0.717) is 48.5 Å². The second kappa shape index (κ2) is 23.2. The molecule has 4 heterocycles. The molecule has 12 heteroatoms. The number of hydrogen-bond acceptors (Lipinski definition) is 8. The zero-order valence-electron chi connectivity index (χ0n) is 42.7. The van der Waals surface area contributed by atoms with Crippen molar-refractivity contribution in [1.29, 1.82) is 0 Å². The lowest BCUT2D eigenvalue weighted by molar-refractivity contribution is 0.0509. The van der Waals surface area contributed by atoms with Crippen molar-refractivity contribution in [3.8, 4) is 23.7 Å². The van der Waals surface area contributed by atoms with E-state index in [9.17, 15) is 19.2 Å². The number of carbonyl (C=O) groups excluding carboxylic acids is 4. The molecule has 0 amide bonds. The topological polar surface area (TPSA) is 168 Å². The summed E-state index contributed by atoms with van der Waals surface area (Å²) >= 11 is 0. The lowest BCUT2D eigenvalue weighted by Crippen LogP contribution is -2.10. The summed E-state index contributed by atoms with van der Waals surface area (Å²) in [6.45, 7) is 24.3. The van der Waals surface area contributed by atoms with Gasteiger partial charge in [-0.1, -0.05) is 63.8 Å². The largest absolute Gasteiger partial charge is 0.461 e. The van der Waals surface area contributed by atoms with Crippen molar-refractivity contribution in [1.82, 2.24) is 19.9 Å². The second-order valence-electron chi connectivity index (χ2n) is 17.0. The fourth-order valence-electron chi connectivity index (χ4n) is 9.73. The van der Waals surface area contributed by atoms with Crippen LogP contribution in [-0.2, 0) is 44.6 Å². The van der Waals surface area contributed by atoms with Gasteiger partial charge in [-0.25, -0.2) is 19.2 Å². The summed E-state index contributed by atoms with van der Waals surface area (Å²) in [4.78, 5) is 66.5. The average molecular weight is 947 g/mol. The fourth-order valence-corrected chi connectivity index (χ4v) is 9.73. The smallest absolute Gasteiger partial charge is 0.355 e. The highest BCUT2D eigenvalue weighted by Gasteiger charge is 2.33. The maximum absolute atomic E-state index is 13.2. The third-order valence-corrected chi connectivity index (χ3v) is 13.1. The monoisotopic (exact) mass is 946 g/mol. The van der Waals surface area contributed by atoms with Crippen molar-refractivity contribution in [3.63, 3.8) is 0 Å². The Hall–Kier alpha value is -7.44. The quantitative estimate of drug-likeness (QED) is 0.0375. The molecule has 2 aromatic carbocycles. The van der Waals surface area contributed by atoms with Crippen LogP contribution in [-0.4, -0.2) is 70.2 Å². The predicted molar refractivity (Wildman–Crippen MR) is 272 cm³/mol. The van der Waals surface area contributed by atoms with E-state index in [2.05, 4.69) is 43.6 Å². The Labute approximate surface area is 412 Å². The van der Waals surface area contributed by atoms with E-state index in [0.717, 1.165) is 89.5 Å². The molecule has 0 unspecified atom stereocenters. The van der Waals surface area contributed by atoms with Gasteiger partial charge in [-0.05, 0) is 173 Å². The molecular weight excluding hydrogens is 881 g/mol. The second-order valence-corrected chi connectivity index (χ2v) is 17.0. The molecular formula is C58H66N4O8. The minimum absolute atomic E-state index is 0.252. The molecule has 0 aliphatic carbocycles. The molecule has 0 bridgehead atoms. The molecule has 0 atom stereocenters. The Morgan fingerprint density at radius 3 is 0.829 bits per heavy atom. The summed E-state index contributed by atoms with van der Waals surface area (Å²) in [6, 6.07) is 15.8. The van der Waals surface area contributed by atoms with Gasteiger partial charge in [0.2, 0.25) is 0 Å². The number of aromatic nitrogens is 4. The van der Waals surface area contributed by atoms with Crippen molar-refractivity contribution in [3.05, 3.63) is 161 Å². The Morgan fingerprint density at radius 2 is 0.629 bits per heavy atom. The number of benzene rings is 2. The standard InChI is InChI=1S/C58H66N4O8/c1-13-41-33(9)47(59-51(41)55(63)67-17-5)45(48-34(10)42(14-2)52(60-48)56(64)68-18-6)39-29-25-37(26-30-39)23-21-22-24-38-27-31-40(32-28-38)46(49-35(11)43(15-3)53(61-49)57(65)69-19-7)50-36(12)44(16-4)54(62-50)58(66)70-20-8/h25-32,45-46,59-62H,13-20H2,1-12H3. The van der Waals surface area contributed by atoms with E-state index in [4.69, 9.17) is 18.9 Å². The lowest BCUT2D eigenvalue weighted by Gasteiger charge is -2.19. The van der Waals surface area contributed by atoms with Gasteiger partial charge in [-0.3, -0.25) is 0 Å². The molecule has 12 nitrogen and oxygen atoms in total. The van der Waals surface area contributed by atoms with Crippen LogP contribution in [0.2, 0.25) is 0 Å². The summed E-state index contributed by atoms with van der Waals surface area (Å²) in [6.07, 6.45) is 2.50. The maximum Gasteiger partial charge on any atom is 0.355 e. The number of H-pyrrole nitrogens is 4. The highest BCUT2D eigenvalue weighted by Crippen LogP contribution is 2.41. The zero-order chi connectivity index (χ0) is 50.8. The van der Waals surface area contributed by atoms with Gasteiger partial charge in [-0.15, -0.1) is 0 Å². The van der Waals surface area contributed by atoms with Crippen LogP contribution in [0.4, 0.5) is 0 Å². The van der Waals surface area contributed by atoms with Gasteiger partial charge in [0.15, 0.2) is 0 Å². The summed E-state index contributed by atoms with van der Waals surface area (Å²) in [5.74, 6) is 10.00. The third kappa shape index (κ3) is 10.4. The number of ether oxygens (including phenoxy) is 4. The minimum Gasteiger partial charge on any atom is -0.461 e. The predicted octanol–water partition coefficient (Wildman–Crippen LogP) is 11.0. The van der Waals surface area contributed by atoms with Crippen LogP contribution >= 0.6 is 0 Å². The molecule has 0 aliphatic rings. The van der Waals surface area contributed by atoms with Crippen molar-refractivity contribution in [2.45, 2.75) is 121 Å². The molecule has 0 spiro atoms. The number of hydrogen-bond donors (Lipinski definition) is 4. The van der Waals surface area contributed by atoms with E-state index in [1.54, 1.807) is 27.7 Å². The molecule has 0 saturated heterocycles. The van der Waals surface area contributed by atoms with E-state index in [1.807, 2.05) is 104 Å². The Balaban J connectivity index is 1.35. The van der Waals surface area contributed by atoms with Crippen LogP contribution in [0.15, 0.2) is 48.5 Å². The minimum atomic E-state index is -0.407. The molecule has 0 radical (unpaired) electrons. The molecule has 6 rings (SSSR count). The van der Waals surface area contributed by atoms with Gasteiger partial charge >= 0.3 is 23.9 Å². The van der Waals surface area contributed by atoms with Gasteiger partial charge in [-0.2, -0.15) is 0 Å². The molecule has 4 N–H and O–H groups in total. The first-order valence-electron chi connectivity index (χ1n) is 24.5. The summed E-state index contributed by atoms with van der Waals surface area (Å²) in [5.41, 5.74) is 15.7. The maximum atomic E-state index is 13.2. The zero-order valence-corrected chi connectivity index (χ0v) is 42.7. The molecule has 0 aliphatic heterocycles. The van der Waals surface area contributed by atoms with Gasteiger partial charge in [0.25, 0.3) is 0 Å². The van der Waals surface area contributed by atoms with Gasteiger partial charge in [0, 0.05) is 33.9 Å². The van der Waals surface area contributed by atoms with Crippen molar-refractivity contribution in [2.24, 2.45) is 0 Å². The number of esters is 4. The van der Waals surface area contributed by atoms with Crippen LogP contribution < -0.4 is 0 Å². The molecule has 4 aromatic heterocycles. The lowest BCUT2D eigenvalue weighted by atomic mass is 9.87. The number of nitrogens with one attached hydrogen (secondary N) is 4. The van der Waals surface area contributed by atoms with E-state index < -0.39 is 35.7 Å². The van der Waals surface area contributed by atoms with Crippen LogP contribution in [0.1, 0.15) is 199 Å². The summed E-state index contributed by atoms with van der Waals surface area (Å²) in [5, 5.41) is 0.